The average molecular weight is 563 g/mol. The van der Waals surface area contributed by atoms with Crippen molar-refractivity contribution in [3.63, 3.8) is 0 Å². The van der Waals surface area contributed by atoms with Crippen molar-refractivity contribution in [3.05, 3.63) is 48.8 Å². The number of hydrogen-bond acceptors (Lipinski definition) is 7. The van der Waals surface area contributed by atoms with Gasteiger partial charge in [-0.15, -0.1) is 0 Å². The maximum Gasteiger partial charge on any atom is 2.00 e. The number of carbonyl (C=O) groups is 2. The van der Waals surface area contributed by atoms with Crippen LogP contribution in [-0.2, 0) is 35.4 Å². The molecule has 0 saturated carbocycles. The van der Waals surface area contributed by atoms with Crippen molar-refractivity contribution in [3.8, 4) is 11.4 Å². The van der Waals surface area contributed by atoms with E-state index in [1.807, 2.05) is 36.4 Å². The zero-order valence-electron chi connectivity index (χ0n) is 15.4. The van der Waals surface area contributed by atoms with Gasteiger partial charge in [0.1, 0.15) is 0 Å². The Morgan fingerprint density at radius 2 is 1.29 bits per heavy atom. The molecule has 4 heterocycles. The van der Waals surface area contributed by atoms with Crippen molar-refractivity contribution in [1.29, 1.82) is 0 Å². The molecule has 0 spiro atoms. The fourth-order valence-corrected chi connectivity index (χ4v) is 3.87. The second-order valence-corrected chi connectivity index (χ2v) is 7.10. The second kappa shape index (κ2) is 8.50. The third-order valence-corrected chi connectivity index (χ3v) is 5.83. The summed E-state index contributed by atoms with van der Waals surface area (Å²) in [5.74, 6) is -2.75. The van der Waals surface area contributed by atoms with Gasteiger partial charge in [-0.05, 0) is 37.1 Å². The number of fused-ring (bicyclic) bond motifs is 2. The van der Waals surface area contributed by atoms with Gasteiger partial charge in [-0.1, -0.05) is 26.0 Å². The van der Waals surface area contributed by atoms with Crippen LogP contribution in [0.3, 0.4) is 0 Å². The molecule has 2 aromatic rings. The number of carboxylic acids is 2. The van der Waals surface area contributed by atoms with E-state index in [-0.39, 0.29) is 21.1 Å². The first kappa shape index (κ1) is 22.2. The van der Waals surface area contributed by atoms with E-state index in [9.17, 15) is 19.8 Å². The molecular formula is C20H20N2O5Pt. The summed E-state index contributed by atoms with van der Waals surface area (Å²) in [5, 5.41) is 22.3. The van der Waals surface area contributed by atoms with E-state index in [0.717, 1.165) is 11.4 Å². The SMILES string of the molecule is CC1(C(=O)[O-])C2CCC(O2)C1(C)C(=O)[O-].[Pt+2].c1ccc(-c2ccccn2)nc1. The van der Waals surface area contributed by atoms with Crippen molar-refractivity contribution >= 4 is 11.9 Å². The first-order valence-electron chi connectivity index (χ1n) is 8.72. The van der Waals surface area contributed by atoms with Crippen LogP contribution in [0.5, 0.6) is 0 Å². The first-order valence-corrected chi connectivity index (χ1v) is 8.72. The molecular weight excluding hydrogens is 543 g/mol. The molecule has 2 aliphatic rings. The van der Waals surface area contributed by atoms with E-state index in [2.05, 4.69) is 9.97 Å². The van der Waals surface area contributed by atoms with Crippen LogP contribution in [0.15, 0.2) is 48.8 Å². The van der Waals surface area contributed by atoms with Gasteiger partial charge < -0.3 is 24.5 Å². The summed E-state index contributed by atoms with van der Waals surface area (Å²) >= 11 is 0. The van der Waals surface area contributed by atoms with E-state index in [1.165, 1.54) is 13.8 Å². The van der Waals surface area contributed by atoms with Gasteiger partial charge in [-0.2, -0.15) is 0 Å². The van der Waals surface area contributed by atoms with Crippen LogP contribution in [0, 0.1) is 10.8 Å². The molecule has 4 atom stereocenters. The molecule has 28 heavy (non-hydrogen) atoms. The number of rotatable bonds is 3. The quantitative estimate of drug-likeness (QED) is 0.524. The van der Waals surface area contributed by atoms with Crippen molar-refractivity contribution < 1.29 is 45.6 Å². The number of hydrogen-bond donors (Lipinski definition) is 0. The van der Waals surface area contributed by atoms with Crippen molar-refractivity contribution in [2.45, 2.75) is 38.9 Å². The minimum atomic E-state index is -1.49. The van der Waals surface area contributed by atoms with Crippen LogP contribution < -0.4 is 10.2 Å². The second-order valence-electron chi connectivity index (χ2n) is 7.10. The number of nitrogens with zero attached hydrogens (tertiary/aromatic N) is 2. The van der Waals surface area contributed by atoms with Crippen LogP contribution in [0.4, 0.5) is 0 Å². The van der Waals surface area contributed by atoms with Gasteiger partial charge in [0.25, 0.3) is 0 Å². The molecule has 7 nitrogen and oxygen atoms in total. The van der Waals surface area contributed by atoms with E-state index in [4.69, 9.17) is 4.74 Å². The van der Waals surface area contributed by atoms with Gasteiger partial charge in [-0.25, -0.2) is 0 Å². The predicted molar refractivity (Wildman–Crippen MR) is 91.6 cm³/mol. The molecule has 0 amide bonds. The smallest absolute Gasteiger partial charge is 0.549 e. The summed E-state index contributed by atoms with van der Waals surface area (Å²) in [6.45, 7) is 2.75. The standard InChI is InChI=1S/C10H8N2.C10H14O5.Pt/c1-3-7-11-9(5-1)10-6-2-4-8-12-10;1-9(7(11)12)5-3-4-6(15-5)10(9,2)8(13)14;/h1-8H;5-6H,3-4H2,1-2H3,(H,11,12)(H,13,14);/q;;+2/p-2. The predicted octanol–water partition coefficient (Wildman–Crippen LogP) is 0.201. The summed E-state index contributed by atoms with van der Waals surface area (Å²) in [6.07, 6.45) is 3.52. The number of carbonyl (C=O) groups excluding carboxylic acids is 2. The van der Waals surface area contributed by atoms with Crippen LogP contribution in [0.1, 0.15) is 26.7 Å². The molecule has 0 radical (unpaired) electrons. The Morgan fingerprint density at radius 1 is 0.893 bits per heavy atom. The summed E-state index contributed by atoms with van der Waals surface area (Å²) in [4.78, 5) is 30.7. The fraction of sp³-hybridized carbons (Fsp3) is 0.400. The molecule has 2 aromatic heterocycles. The van der Waals surface area contributed by atoms with Crippen molar-refractivity contribution in [2.24, 2.45) is 10.8 Å². The van der Waals surface area contributed by atoms with Gasteiger partial charge >= 0.3 is 21.1 Å². The molecule has 2 aliphatic heterocycles. The third-order valence-electron chi connectivity index (χ3n) is 5.83. The molecule has 0 N–H and O–H groups in total. The topological polar surface area (TPSA) is 115 Å². The summed E-state index contributed by atoms with van der Waals surface area (Å²) in [6, 6.07) is 11.6. The molecule has 2 fully saturated rings. The number of aliphatic carboxylic acids is 2. The summed E-state index contributed by atoms with van der Waals surface area (Å²) in [7, 11) is 0. The van der Waals surface area contributed by atoms with Gasteiger partial charge in [-0.3, -0.25) is 9.97 Å². The zero-order valence-corrected chi connectivity index (χ0v) is 17.7. The molecule has 4 unspecified atom stereocenters. The van der Waals surface area contributed by atoms with E-state index in [0.29, 0.717) is 12.8 Å². The Morgan fingerprint density at radius 3 is 1.57 bits per heavy atom. The van der Waals surface area contributed by atoms with Gasteiger partial charge in [0.15, 0.2) is 0 Å². The molecule has 8 heteroatoms. The Bertz CT molecular complexity index is 766. The maximum absolute atomic E-state index is 11.2. The van der Waals surface area contributed by atoms with Crippen LogP contribution in [-0.4, -0.2) is 34.1 Å². The van der Waals surface area contributed by atoms with Gasteiger partial charge in [0, 0.05) is 23.2 Å². The monoisotopic (exact) mass is 563 g/mol. The maximum atomic E-state index is 11.2. The minimum Gasteiger partial charge on any atom is -0.549 e. The van der Waals surface area contributed by atoms with Gasteiger partial charge in [0.05, 0.1) is 35.5 Å². The number of ether oxygens (including phenoxy) is 1. The molecule has 2 saturated heterocycles. The van der Waals surface area contributed by atoms with Crippen molar-refractivity contribution in [2.75, 3.05) is 0 Å². The third kappa shape index (κ3) is 3.49. The molecule has 150 valence electrons. The summed E-state index contributed by atoms with van der Waals surface area (Å²) in [5.41, 5.74) is -1.15. The Kier molecular flexibility index (Phi) is 6.73. The molecule has 0 aliphatic carbocycles. The van der Waals surface area contributed by atoms with Crippen LogP contribution in [0.2, 0.25) is 0 Å². The van der Waals surface area contributed by atoms with Gasteiger partial charge in [0.2, 0.25) is 0 Å². The normalized spacial score (nSPS) is 29.9. The Hall–Kier alpha value is -2.11. The molecule has 2 bridgehead atoms. The molecule has 4 rings (SSSR count). The fourth-order valence-electron chi connectivity index (χ4n) is 3.87. The zero-order chi connectivity index (χ0) is 19.7. The van der Waals surface area contributed by atoms with Crippen molar-refractivity contribution in [1.82, 2.24) is 9.97 Å². The number of pyridine rings is 2. The van der Waals surface area contributed by atoms with Crippen LogP contribution in [0.25, 0.3) is 11.4 Å². The Balaban J connectivity index is 0.000000198. The molecule has 0 aromatic carbocycles. The number of aromatic nitrogens is 2. The minimum absolute atomic E-state index is 0. The van der Waals surface area contributed by atoms with E-state index < -0.39 is 35.0 Å². The van der Waals surface area contributed by atoms with Crippen LogP contribution >= 0.6 is 0 Å². The summed E-state index contributed by atoms with van der Waals surface area (Å²) < 4.78 is 5.38. The Labute approximate surface area is 177 Å². The van der Waals surface area contributed by atoms with E-state index in [1.54, 1.807) is 12.4 Å². The average Bonchev–Trinajstić information content (AvgIpc) is 3.26. The first-order chi connectivity index (χ1) is 12.8. The largest absolute Gasteiger partial charge is 2.00 e. The van der Waals surface area contributed by atoms with E-state index >= 15 is 0 Å². The number of carboxylic acid groups (broad SMARTS) is 2.